The molecule has 1 spiro atoms. The third-order valence-electron chi connectivity index (χ3n) is 9.46. The molecule has 1 atom stereocenters. The van der Waals surface area contributed by atoms with Crippen molar-refractivity contribution in [2.24, 2.45) is 11.3 Å². The molecule has 9 heteroatoms. The van der Waals surface area contributed by atoms with Crippen LogP contribution in [-0.4, -0.2) is 74.7 Å². The van der Waals surface area contributed by atoms with E-state index < -0.39 is 5.82 Å². The summed E-state index contributed by atoms with van der Waals surface area (Å²) in [6, 6.07) is 5.76. The Morgan fingerprint density at radius 2 is 1.76 bits per heavy atom. The molecule has 42 heavy (non-hydrogen) atoms. The molecule has 2 aliphatic heterocycles. The number of ketones is 1. The Morgan fingerprint density at radius 3 is 2.40 bits per heavy atom. The second kappa shape index (κ2) is 10.9. The number of rotatable bonds is 7. The van der Waals surface area contributed by atoms with E-state index in [9.17, 15) is 18.8 Å². The predicted molar refractivity (Wildman–Crippen MR) is 159 cm³/mol. The third kappa shape index (κ3) is 5.12. The highest BCUT2D eigenvalue weighted by atomic mass is 19.1. The lowest BCUT2D eigenvalue weighted by Gasteiger charge is -2.33. The van der Waals surface area contributed by atoms with Crippen molar-refractivity contribution in [1.82, 2.24) is 24.7 Å². The summed E-state index contributed by atoms with van der Waals surface area (Å²) in [7, 11) is 0. The van der Waals surface area contributed by atoms with E-state index in [1.165, 1.54) is 25.0 Å². The first kappa shape index (κ1) is 28.5. The van der Waals surface area contributed by atoms with Crippen LogP contribution in [0.1, 0.15) is 80.5 Å². The first-order chi connectivity index (χ1) is 20.1. The van der Waals surface area contributed by atoms with Gasteiger partial charge in [0.05, 0.1) is 29.0 Å². The fourth-order valence-corrected chi connectivity index (χ4v) is 7.02. The van der Waals surface area contributed by atoms with Crippen molar-refractivity contribution in [2.45, 2.75) is 77.9 Å². The van der Waals surface area contributed by atoms with Gasteiger partial charge in [-0.1, -0.05) is 0 Å². The van der Waals surface area contributed by atoms with Gasteiger partial charge in [-0.05, 0) is 89.5 Å². The van der Waals surface area contributed by atoms with Crippen molar-refractivity contribution in [3.8, 4) is 5.69 Å². The van der Waals surface area contributed by atoms with E-state index in [-0.39, 0.29) is 47.2 Å². The number of aromatic nitrogens is 2. The van der Waals surface area contributed by atoms with E-state index in [1.54, 1.807) is 34.1 Å². The van der Waals surface area contributed by atoms with Gasteiger partial charge < -0.3 is 19.7 Å². The monoisotopic (exact) mass is 573 g/mol. The Labute approximate surface area is 246 Å². The molecule has 3 fully saturated rings. The quantitative estimate of drug-likeness (QED) is 0.403. The maximum atomic E-state index is 14.5. The molecule has 2 saturated heterocycles. The molecule has 0 bridgehead atoms. The number of Topliss-reactive ketones (excluding diaryl/α,β-unsaturated/α-hetero) is 1. The molecule has 3 aromatic rings. The Kier molecular flexibility index (Phi) is 7.41. The SMILES string of the molecule is CC(C)N(C(=O)c1cc(F)ccc1-n1cc(C(=O)C2CCN(C(=O)[C@@H]3CC4(CC4)CN3)CC2)c2ccncc21)C(C)C. The number of piperidine rings is 1. The van der Waals surface area contributed by atoms with E-state index in [4.69, 9.17) is 0 Å². The number of carbonyl (C=O) groups is 3. The normalized spacial score (nSPS) is 20.2. The lowest BCUT2D eigenvalue weighted by atomic mass is 9.88. The number of pyridine rings is 1. The van der Waals surface area contributed by atoms with Crippen molar-refractivity contribution >= 4 is 28.5 Å². The lowest BCUT2D eigenvalue weighted by Crippen LogP contribution is -2.47. The van der Waals surface area contributed by atoms with Gasteiger partial charge in [0.15, 0.2) is 5.78 Å². The number of fused-ring (bicyclic) bond motifs is 1. The standard InChI is InChI=1S/C33H40FN5O3/c1-20(2)39(21(3)4)31(41)25-15-23(34)5-6-28(25)38-18-26(24-7-12-35-17-29(24)38)30(40)22-8-13-37(14-9-22)32(42)27-16-33(10-11-33)19-36-27/h5-7,12,15,17-18,20-22,27,36H,8-11,13-14,16,19H2,1-4H3/t27-/m0/s1. The number of halogens is 1. The average Bonchev–Trinajstić information content (AvgIpc) is 3.43. The second-order valence-corrected chi connectivity index (χ2v) is 13.0. The molecule has 0 radical (unpaired) electrons. The number of nitrogens with zero attached hydrogens (tertiary/aromatic N) is 4. The zero-order chi connectivity index (χ0) is 29.8. The van der Waals surface area contributed by atoms with Crippen molar-refractivity contribution in [3.05, 3.63) is 59.8 Å². The maximum Gasteiger partial charge on any atom is 0.256 e. The van der Waals surface area contributed by atoms with Crippen LogP contribution >= 0.6 is 0 Å². The van der Waals surface area contributed by atoms with E-state index in [2.05, 4.69) is 10.3 Å². The zero-order valence-corrected chi connectivity index (χ0v) is 24.9. The van der Waals surface area contributed by atoms with Gasteiger partial charge in [-0.15, -0.1) is 0 Å². The smallest absolute Gasteiger partial charge is 0.256 e. The van der Waals surface area contributed by atoms with Gasteiger partial charge in [-0.3, -0.25) is 19.4 Å². The summed E-state index contributed by atoms with van der Waals surface area (Å²) in [5, 5.41) is 4.16. The third-order valence-corrected chi connectivity index (χ3v) is 9.46. The molecule has 1 N–H and O–H groups in total. The predicted octanol–water partition coefficient (Wildman–Crippen LogP) is 4.99. The van der Waals surface area contributed by atoms with E-state index in [0.29, 0.717) is 48.1 Å². The Balaban J connectivity index is 1.27. The van der Waals surface area contributed by atoms with Crippen LogP contribution < -0.4 is 5.32 Å². The van der Waals surface area contributed by atoms with Crippen LogP contribution in [0.25, 0.3) is 16.6 Å². The van der Waals surface area contributed by atoms with Crippen LogP contribution in [0.15, 0.2) is 42.9 Å². The minimum Gasteiger partial charge on any atom is -0.341 e. The summed E-state index contributed by atoms with van der Waals surface area (Å²) in [6.45, 7) is 9.83. The van der Waals surface area contributed by atoms with Gasteiger partial charge in [0, 0.05) is 61.0 Å². The van der Waals surface area contributed by atoms with Gasteiger partial charge in [-0.25, -0.2) is 4.39 Å². The summed E-state index contributed by atoms with van der Waals surface area (Å²) in [4.78, 5) is 48.8. The summed E-state index contributed by atoms with van der Waals surface area (Å²) in [6.07, 6.45) is 9.67. The topological polar surface area (TPSA) is 87.5 Å². The molecule has 1 saturated carbocycles. The van der Waals surface area contributed by atoms with E-state index in [1.807, 2.05) is 38.7 Å². The summed E-state index contributed by atoms with van der Waals surface area (Å²) in [5.74, 6) is -0.790. The van der Waals surface area contributed by atoms with Crippen LogP contribution in [0.3, 0.4) is 0 Å². The molecule has 1 aromatic carbocycles. The molecule has 222 valence electrons. The van der Waals surface area contributed by atoms with Gasteiger partial charge >= 0.3 is 0 Å². The molecular formula is C33H40FN5O3. The number of carbonyl (C=O) groups excluding carboxylic acids is 3. The van der Waals surface area contributed by atoms with Gasteiger partial charge in [0.2, 0.25) is 5.91 Å². The molecule has 8 nitrogen and oxygen atoms in total. The second-order valence-electron chi connectivity index (χ2n) is 13.0. The molecule has 2 aromatic heterocycles. The zero-order valence-electron chi connectivity index (χ0n) is 24.9. The van der Waals surface area contributed by atoms with Crippen LogP contribution in [-0.2, 0) is 4.79 Å². The molecule has 6 rings (SSSR count). The van der Waals surface area contributed by atoms with Crippen molar-refractivity contribution < 1.29 is 18.8 Å². The van der Waals surface area contributed by atoms with Crippen LogP contribution in [0.2, 0.25) is 0 Å². The number of likely N-dealkylation sites (tertiary alicyclic amines) is 1. The van der Waals surface area contributed by atoms with Crippen molar-refractivity contribution in [1.29, 1.82) is 0 Å². The fraction of sp³-hybridized carbons (Fsp3) is 0.515. The van der Waals surface area contributed by atoms with Crippen LogP contribution in [0.4, 0.5) is 4.39 Å². The van der Waals surface area contributed by atoms with Gasteiger partial charge in [-0.2, -0.15) is 0 Å². The Hall–Kier alpha value is -3.59. The highest BCUT2D eigenvalue weighted by Crippen LogP contribution is 2.52. The molecule has 3 aliphatic rings. The minimum absolute atomic E-state index is 0.0222. The fourth-order valence-electron chi connectivity index (χ4n) is 7.02. The average molecular weight is 574 g/mol. The highest BCUT2D eigenvalue weighted by Gasteiger charge is 2.50. The Bertz CT molecular complexity index is 1530. The largest absolute Gasteiger partial charge is 0.341 e. The van der Waals surface area contributed by atoms with Crippen LogP contribution in [0.5, 0.6) is 0 Å². The summed E-state index contributed by atoms with van der Waals surface area (Å²) in [5.41, 5.74) is 2.32. The van der Waals surface area contributed by atoms with E-state index >= 15 is 0 Å². The van der Waals surface area contributed by atoms with Crippen LogP contribution in [0, 0.1) is 17.2 Å². The van der Waals surface area contributed by atoms with Gasteiger partial charge in [0.25, 0.3) is 5.91 Å². The summed E-state index contributed by atoms with van der Waals surface area (Å²) >= 11 is 0. The van der Waals surface area contributed by atoms with Crippen molar-refractivity contribution in [3.63, 3.8) is 0 Å². The Morgan fingerprint density at radius 1 is 1.05 bits per heavy atom. The molecule has 4 heterocycles. The number of hydrogen-bond acceptors (Lipinski definition) is 5. The molecular weight excluding hydrogens is 533 g/mol. The molecule has 2 amide bonds. The maximum absolute atomic E-state index is 14.5. The number of nitrogens with one attached hydrogen (secondary N) is 1. The first-order valence-corrected chi connectivity index (χ1v) is 15.2. The first-order valence-electron chi connectivity index (χ1n) is 15.2. The van der Waals surface area contributed by atoms with Gasteiger partial charge in [0.1, 0.15) is 5.82 Å². The highest BCUT2D eigenvalue weighted by molar-refractivity contribution is 6.10. The number of amides is 2. The minimum atomic E-state index is -0.498. The van der Waals surface area contributed by atoms with E-state index in [0.717, 1.165) is 18.4 Å². The number of benzene rings is 1. The lowest BCUT2D eigenvalue weighted by molar-refractivity contribution is -0.134. The number of hydrogen-bond donors (Lipinski definition) is 1. The molecule has 0 unspecified atom stereocenters. The van der Waals surface area contributed by atoms with Crippen molar-refractivity contribution in [2.75, 3.05) is 19.6 Å². The molecule has 1 aliphatic carbocycles. The summed E-state index contributed by atoms with van der Waals surface area (Å²) < 4.78 is 16.3.